The van der Waals surface area contributed by atoms with E-state index in [2.05, 4.69) is 71.7 Å². The quantitative estimate of drug-likeness (QED) is 0.775. The molecule has 4 nitrogen and oxygen atoms in total. The standard InChI is InChI=1S/C17H20N4/c1-13(2)11-21-17(19-12-20-21)10-18-16-8-7-14-5-3-4-6-15(14)9-16/h3-9,12-13,18H,10-11H2,1-2H3. The van der Waals surface area contributed by atoms with Gasteiger partial charge in [-0.05, 0) is 28.8 Å². The first kappa shape index (κ1) is 13.6. The van der Waals surface area contributed by atoms with Crippen molar-refractivity contribution in [3.8, 4) is 0 Å². The maximum absolute atomic E-state index is 4.34. The second-order valence-corrected chi connectivity index (χ2v) is 5.67. The van der Waals surface area contributed by atoms with E-state index in [1.807, 2.05) is 4.68 Å². The molecular formula is C17H20N4. The summed E-state index contributed by atoms with van der Waals surface area (Å²) in [6.45, 7) is 5.95. The number of aromatic nitrogens is 3. The Kier molecular flexibility index (Phi) is 3.86. The summed E-state index contributed by atoms with van der Waals surface area (Å²) in [5.74, 6) is 1.53. The van der Waals surface area contributed by atoms with Gasteiger partial charge in [0.15, 0.2) is 0 Å². The summed E-state index contributed by atoms with van der Waals surface area (Å²) in [6, 6.07) is 14.8. The van der Waals surface area contributed by atoms with Crippen LogP contribution < -0.4 is 5.32 Å². The van der Waals surface area contributed by atoms with Crippen molar-refractivity contribution in [2.45, 2.75) is 26.9 Å². The van der Waals surface area contributed by atoms with Crippen molar-refractivity contribution in [1.29, 1.82) is 0 Å². The second kappa shape index (κ2) is 5.95. The van der Waals surface area contributed by atoms with E-state index in [0.717, 1.165) is 18.1 Å². The van der Waals surface area contributed by atoms with Gasteiger partial charge in [0.05, 0.1) is 6.54 Å². The summed E-state index contributed by atoms with van der Waals surface area (Å²) in [4.78, 5) is 4.34. The highest BCUT2D eigenvalue weighted by Gasteiger charge is 2.06. The highest BCUT2D eigenvalue weighted by atomic mass is 15.3. The molecule has 3 rings (SSSR count). The SMILES string of the molecule is CC(C)Cn1ncnc1CNc1ccc2ccccc2c1. The third kappa shape index (κ3) is 3.21. The summed E-state index contributed by atoms with van der Waals surface area (Å²) >= 11 is 0. The van der Waals surface area contributed by atoms with Crippen LogP contribution in [0.25, 0.3) is 10.8 Å². The largest absolute Gasteiger partial charge is 0.378 e. The molecule has 0 aliphatic heterocycles. The van der Waals surface area contributed by atoms with Crippen LogP contribution in [-0.2, 0) is 13.1 Å². The predicted octanol–water partition coefficient (Wildman–Crippen LogP) is 3.70. The molecule has 0 saturated carbocycles. The zero-order valence-electron chi connectivity index (χ0n) is 12.5. The van der Waals surface area contributed by atoms with Crippen LogP contribution in [0.2, 0.25) is 0 Å². The zero-order valence-corrected chi connectivity index (χ0v) is 12.5. The Morgan fingerprint density at radius 3 is 2.71 bits per heavy atom. The topological polar surface area (TPSA) is 42.7 Å². The monoisotopic (exact) mass is 280 g/mol. The fraction of sp³-hybridized carbons (Fsp3) is 0.294. The summed E-state index contributed by atoms with van der Waals surface area (Å²) in [7, 11) is 0. The Morgan fingerprint density at radius 2 is 1.90 bits per heavy atom. The Labute approximate surface area is 124 Å². The first-order valence-corrected chi connectivity index (χ1v) is 7.32. The zero-order chi connectivity index (χ0) is 14.7. The molecule has 21 heavy (non-hydrogen) atoms. The van der Waals surface area contributed by atoms with Gasteiger partial charge in [0.1, 0.15) is 12.2 Å². The van der Waals surface area contributed by atoms with Gasteiger partial charge >= 0.3 is 0 Å². The molecule has 0 saturated heterocycles. The van der Waals surface area contributed by atoms with Gasteiger partial charge in [0.25, 0.3) is 0 Å². The smallest absolute Gasteiger partial charge is 0.146 e. The van der Waals surface area contributed by atoms with E-state index in [4.69, 9.17) is 0 Å². The lowest BCUT2D eigenvalue weighted by Crippen LogP contribution is -2.13. The van der Waals surface area contributed by atoms with E-state index < -0.39 is 0 Å². The van der Waals surface area contributed by atoms with Crippen molar-refractivity contribution < 1.29 is 0 Å². The van der Waals surface area contributed by atoms with E-state index >= 15 is 0 Å². The molecule has 0 aliphatic carbocycles. The van der Waals surface area contributed by atoms with E-state index in [1.165, 1.54) is 10.8 Å². The van der Waals surface area contributed by atoms with Crippen LogP contribution in [-0.4, -0.2) is 14.8 Å². The van der Waals surface area contributed by atoms with Crippen molar-refractivity contribution in [2.75, 3.05) is 5.32 Å². The van der Waals surface area contributed by atoms with E-state index in [0.29, 0.717) is 12.5 Å². The molecule has 3 aromatic rings. The van der Waals surface area contributed by atoms with Gasteiger partial charge in [-0.25, -0.2) is 9.67 Å². The normalized spacial score (nSPS) is 11.2. The molecule has 0 unspecified atom stereocenters. The fourth-order valence-corrected chi connectivity index (χ4v) is 2.40. The highest BCUT2D eigenvalue weighted by Crippen LogP contribution is 2.19. The Balaban J connectivity index is 1.73. The first-order valence-electron chi connectivity index (χ1n) is 7.32. The van der Waals surface area contributed by atoms with Gasteiger partial charge in [-0.2, -0.15) is 5.10 Å². The van der Waals surface area contributed by atoms with Crippen LogP contribution >= 0.6 is 0 Å². The van der Waals surface area contributed by atoms with Crippen molar-refractivity contribution >= 4 is 16.5 Å². The first-order chi connectivity index (χ1) is 10.2. The predicted molar refractivity (Wildman–Crippen MR) is 86.1 cm³/mol. The lowest BCUT2D eigenvalue weighted by atomic mass is 10.1. The molecule has 2 aromatic carbocycles. The summed E-state index contributed by atoms with van der Waals surface area (Å²) in [6.07, 6.45) is 1.62. The number of nitrogens with one attached hydrogen (secondary N) is 1. The van der Waals surface area contributed by atoms with Crippen LogP contribution in [0.1, 0.15) is 19.7 Å². The Morgan fingerprint density at radius 1 is 1.10 bits per heavy atom. The summed E-state index contributed by atoms with van der Waals surface area (Å²) in [5, 5.41) is 10.2. The molecule has 1 N–H and O–H groups in total. The van der Waals surface area contributed by atoms with Gasteiger partial charge in [-0.1, -0.05) is 44.2 Å². The number of benzene rings is 2. The van der Waals surface area contributed by atoms with E-state index in [9.17, 15) is 0 Å². The average molecular weight is 280 g/mol. The fourth-order valence-electron chi connectivity index (χ4n) is 2.40. The minimum absolute atomic E-state index is 0.561. The molecule has 0 amide bonds. The summed E-state index contributed by atoms with van der Waals surface area (Å²) < 4.78 is 1.97. The number of hydrogen-bond acceptors (Lipinski definition) is 3. The van der Waals surface area contributed by atoms with Crippen LogP contribution in [0.4, 0.5) is 5.69 Å². The maximum atomic E-state index is 4.34. The van der Waals surface area contributed by atoms with Gasteiger partial charge in [-0.3, -0.25) is 0 Å². The highest BCUT2D eigenvalue weighted by molar-refractivity contribution is 5.85. The number of fused-ring (bicyclic) bond motifs is 1. The maximum Gasteiger partial charge on any atom is 0.146 e. The minimum Gasteiger partial charge on any atom is -0.378 e. The van der Waals surface area contributed by atoms with Gasteiger partial charge in [0, 0.05) is 12.2 Å². The van der Waals surface area contributed by atoms with Gasteiger partial charge in [0.2, 0.25) is 0 Å². The third-order valence-corrected chi connectivity index (χ3v) is 3.43. The van der Waals surface area contributed by atoms with E-state index in [-0.39, 0.29) is 0 Å². The molecule has 0 aliphatic rings. The number of rotatable bonds is 5. The molecule has 0 bridgehead atoms. The molecule has 0 atom stereocenters. The lowest BCUT2D eigenvalue weighted by Gasteiger charge is -2.10. The van der Waals surface area contributed by atoms with Crippen LogP contribution in [0.3, 0.4) is 0 Å². The molecule has 108 valence electrons. The molecule has 1 heterocycles. The third-order valence-electron chi connectivity index (χ3n) is 3.43. The van der Waals surface area contributed by atoms with Crippen LogP contribution in [0.15, 0.2) is 48.8 Å². The van der Waals surface area contributed by atoms with Crippen molar-refractivity contribution in [3.05, 3.63) is 54.6 Å². The minimum atomic E-state index is 0.561. The van der Waals surface area contributed by atoms with E-state index in [1.54, 1.807) is 6.33 Å². The number of nitrogens with zero attached hydrogens (tertiary/aromatic N) is 3. The summed E-state index contributed by atoms with van der Waals surface area (Å²) in [5.41, 5.74) is 1.10. The van der Waals surface area contributed by atoms with Crippen molar-refractivity contribution in [2.24, 2.45) is 5.92 Å². The van der Waals surface area contributed by atoms with Crippen molar-refractivity contribution in [1.82, 2.24) is 14.8 Å². The average Bonchev–Trinajstić information content (AvgIpc) is 2.91. The van der Waals surface area contributed by atoms with Crippen molar-refractivity contribution in [3.63, 3.8) is 0 Å². The number of hydrogen-bond donors (Lipinski definition) is 1. The lowest BCUT2D eigenvalue weighted by molar-refractivity contribution is 0.468. The number of anilines is 1. The van der Waals surface area contributed by atoms with Crippen LogP contribution in [0.5, 0.6) is 0 Å². The molecule has 4 heteroatoms. The second-order valence-electron chi connectivity index (χ2n) is 5.67. The van der Waals surface area contributed by atoms with Gasteiger partial charge < -0.3 is 5.32 Å². The van der Waals surface area contributed by atoms with Gasteiger partial charge in [-0.15, -0.1) is 0 Å². The molecule has 1 aromatic heterocycles. The molecule has 0 spiro atoms. The van der Waals surface area contributed by atoms with Crippen LogP contribution in [0, 0.1) is 5.92 Å². The Bertz CT molecular complexity index is 730. The molecular weight excluding hydrogens is 260 g/mol. The molecule has 0 radical (unpaired) electrons. The Hall–Kier alpha value is -2.36. The molecule has 0 fully saturated rings.